The number of carbonyl (C=O) groups excluding carboxylic acids is 2. The third kappa shape index (κ3) is 3.15. The van der Waals surface area contributed by atoms with Gasteiger partial charge in [-0.1, -0.05) is 12.1 Å². The van der Waals surface area contributed by atoms with Gasteiger partial charge < -0.3 is 9.72 Å². The van der Waals surface area contributed by atoms with Crippen LogP contribution in [0.4, 0.5) is 8.78 Å². The van der Waals surface area contributed by atoms with E-state index in [1.54, 1.807) is 18.2 Å². The molecule has 25 heavy (non-hydrogen) atoms. The maximum absolute atomic E-state index is 13.4. The fraction of sp³-hybridized carbons (Fsp3) is 0.235. The quantitative estimate of drug-likeness (QED) is 0.561. The van der Waals surface area contributed by atoms with Gasteiger partial charge in [-0.3, -0.25) is 9.36 Å². The average molecular weight is 347 g/mol. The minimum atomic E-state index is -2.82. The third-order valence-corrected chi connectivity index (χ3v) is 3.78. The molecule has 130 valence electrons. The van der Waals surface area contributed by atoms with Crippen molar-refractivity contribution in [3.8, 4) is 0 Å². The van der Waals surface area contributed by atoms with Gasteiger partial charge in [-0.25, -0.2) is 9.78 Å². The molecule has 1 N–H and O–H groups in total. The molecule has 0 saturated heterocycles. The lowest BCUT2D eigenvalue weighted by Crippen LogP contribution is -2.15. The Hall–Kier alpha value is -3.03. The lowest BCUT2D eigenvalue weighted by molar-refractivity contribution is 0.0228. The van der Waals surface area contributed by atoms with Gasteiger partial charge in [0.15, 0.2) is 17.7 Å². The summed E-state index contributed by atoms with van der Waals surface area (Å²) in [6, 6.07) is 7.81. The first-order valence-corrected chi connectivity index (χ1v) is 7.54. The Labute approximate surface area is 141 Å². The number of Topliss-reactive ketones (excluding diaryl/α,β-unsaturated/α-hetero) is 1. The molecule has 3 aromatic rings. The lowest BCUT2D eigenvalue weighted by atomic mass is 10.2. The van der Waals surface area contributed by atoms with Gasteiger partial charge in [-0.05, 0) is 32.0 Å². The number of ketones is 1. The molecule has 3 rings (SSSR count). The predicted molar refractivity (Wildman–Crippen MR) is 85.6 cm³/mol. The predicted octanol–water partition coefficient (Wildman–Crippen LogP) is 3.88. The van der Waals surface area contributed by atoms with E-state index in [4.69, 9.17) is 4.74 Å². The van der Waals surface area contributed by atoms with Gasteiger partial charge in [0.2, 0.25) is 0 Å². The number of nitrogens with one attached hydrogen (secondary N) is 1. The summed E-state index contributed by atoms with van der Waals surface area (Å²) in [6.07, 6.45) is 0.385. The number of hydrogen-bond acceptors (Lipinski definition) is 4. The van der Waals surface area contributed by atoms with Gasteiger partial charge in [0.25, 0.3) is 0 Å². The van der Waals surface area contributed by atoms with Gasteiger partial charge >= 0.3 is 12.5 Å². The molecule has 1 aromatic carbocycles. The Bertz CT molecular complexity index is 946. The van der Waals surface area contributed by atoms with E-state index >= 15 is 0 Å². The number of aromatic nitrogens is 3. The van der Waals surface area contributed by atoms with Crippen LogP contribution in [-0.2, 0) is 4.74 Å². The first kappa shape index (κ1) is 16.8. The lowest BCUT2D eigenvalue weighted by Gasteiger charge is -2.14. The van der Waals surface area contributed by atoms with Gasteiger partial charge in [-0.2, -0.15) is 8.78 Å². The molecule has 8 heteroatoms. The van der Waals surface area contributed by atoms with Crippen molar-refractivity contribution < 1.29 is 23.1 Å². The van der Waals surface area contributed by atoms with Crippen molar-refractivity contribution in [2.24, 2.45) is 0 Å². The van der Waals surface area contributed by atoms with Crippen molar-refractivity contribution in [3.05, 3.63) is 53.6 Å². The molecular formula is C17H15F2N3O3. The molecule has 0 unspecified atom stereocenters. The van der Waals surface area contributed by atoms with Crippen LogP contribution >= 0.6 is 0 Å². The number of esters is 1. The van der Waals surface area contributed by atoms with E-state index in [9.17, 15) is 18.4 Å². The van der Waals surface area contributed by atoms with Gasteiger partial charge in [0, 0.05) is 11.8 Å². The Kier molecular flexibility index (Phi) is 4.35. The summed E-state index contributed by atoms with van der Waals surface area (Å²) in [5.41, 5.74) is 1.05. The van der Waals surface area contributed by atoms with Crippen molar-refractivity contribution in [1.29, 1.82) is 0 Å². The second kappa shape index (κ2) is 6.46. The summed E-state index contributed by atoms with van der Waals surface area (Å²) in [7, 11) is 0. The first-order valence-electron chi connectivity index (χ1n) is 7.54. The molecule has 1 atom stereocenters. The number of nitrogens with zero attached hydrogens (tertiary/aromatic N) is 2. The summed E-state index contributed by atoms with van der Waals surface area (Å²) in [6.45, 7) is 0.0111. The van der Waals surface area contributed by atoms with Crippen molar-refractivity contribution in [3.63, 3.8) is 0 Å². The molecule has 0 amide bonds. The summed E-state index contributed by atoms with van der Waals surface area (Å²) < 4.78 is 32.9. The summed E-state index contributed by atoms with van der Waals surface area (Å²) >= 11 is 0. The number of alkyl halides is 2. The molecule has 0 bridgehead atoms. The number of para-hydroxylation sites is 2. The molecule has 6 nitrogen and oxygen atoms in total. The average Bonchev–Trinajstić information content (AvgIpc) is 3.19. The minimum absolute atomic E-state index is 0.0529. The van der Waals surface area contributed by atoms with E-state index in [-0.39, 0.29) is 22.8 Å². The van der Waals surface area contributed by atoms with Crippen molar-refractivity contribution >= 4 is 22.8 Å². The highest BCUT2D eigenvalue weighted by Gasteiger charge is 2.25. The van der Waals surface area contributed by atoms with E-state index in [0.29, 0.717) is 11.1 Å². The third-order valence-electron chi connectivity index (χ3n) is 3.78. The van der Waals surface area contributed by atoms with Crippen molar-refractivity contribution in [1.82, 2.24) is 14.5 Å². The van der Waals surface area contributed by atoms with E-state index < -0.39 is 18.6 Å². The molecule has 0 fully saturated rings. The molecule has 0 radical (unpaired) electrons. The highest BCUT2D eigenvalue weighted by molar-refractivity contribution is 5.97. The summed E-state index contributed by atoms with van der Waals surface area (Å²) in [4.78, 5) is 30.2. The molecule has 0 spiro atoms. The van der Waals surface area contributed by atoms with E-state index in [0.717, 1.165) is 4.57 Å². The maximum atomic E-state index is 13.4. The van der Waals surface area contributed by atoms with Crippen LogP contribution in [0.15, 0.2) is 36.5 Å². The molecule has 0 aliphatic heterocycles. The normalized spacial score (nSPS) is 12.5. The number of hydrogen-bond donors (Lipinski definition) is 1. The highest BCUT2D eigenvalue weighted by Crippen LogP contribution is 2.28. The second-order valence-corrected chi connectivity index (χ2v) is 5.51. The first-order chi connectivity index (χ1) is 11.9. The number of H-pyrrole nitrogens is 1. The Morgan fingerprint density at radius 2 is 2.00 bits per heavy atom. The van der Waals surface area contributed by atoms with Gasteiger partial charge in [0.05, 0.1) is 11.0 Å². The molecule has 0 saturated carbocycles. The number of halogens is 2. The zero-order valence-corrected chi connectivity index (χ0v) is 13.5. The SMILES string of the molecule is CC(=O)c1c[nH]c(C(=O)O[C@H](C)c2nc3ccccc3n2C(F)F)c1. The number of imidazole rings is 1. The number of ether oxygens (including phenoxy) is 1. The van der Waals surface area contributed by atoms with E-state index in [1.165, 1.54) is 32.2 Å². The fourth-order valence-corrected chi connectivity index (χ4v) is 2.55. The Morgan fingerprint density at radius 1 is 1.28 bits per heavy atom. The van der Waals surface area contributed by atoms with Crippen LogP contribution in [0.25, 0.3) is 11.0 Å². The monoisotopic (exact) mass is 347 g/mol. The molecular weight excluding hydrogens is 332 g/mol. The van der Waals surface area contributed by atoms with Crippen LogP contribution in [-0.4, -0.2) is 26.3 Å². The summed E-state index contributed by atoms with van der Waals surface area (Å²) in [5, 5.41) is 0. The molecule has 2 heterocycles. The van der Waals surface area contributed by atoms with Gasteiger partial charge in [-0.15, -0.1) is 0 Å². The van der Waals surface area contributed by atoms with Crippen LogP contribution in [0.2, 0.25) is 0 Å². The topological polar surface area (TPSA) is 77.0 Å². The second-order valence-electron chi connectivity index (χ2n) is 5.51. The number of rotatable bonds is 5. The van der Waals surface area contributed by atoms with Crippen molar-refractivity contribution in [2.75, 3.05) is 0 Å². The van der Waals surface area contributed by atoms with Crippen LogP contribution in [0.5, 0.6) is 0 Å². The van der Waals surface area contributed by atoms with Crippen LogP contribution in [0.3, 0.4) is 0 Å². The van der Waals surface area contributed by atoms with E-state index in [1.807, 2.05) is 0 Å². The van der Waals surface area contributed by atoms with Gasteiger partial charge in [0.1, 0.15) is 5.69 Å². The smallest absolute Gasteiger partial charge is 0.355 e. The van der Waals surface area contributed by atoms with Crippen LogP contribution in [0, 0.1) is 0 Å². The minimum Gasteiger partial charge on any atom is -0.450 e. The highest BCUT2D eigenvalue weighted by atomic mass is 19.3. The van der Waals surface area contributed by atoms with Crippen LogP contribution < -0.4 is 0 Å². The van der Waals surface area contributed by atoms with Crippen LogP contribution in [0.1, 0.15) is 53.2 Å². The Morgan fingerprint density at radius 3 is 2.64 bits per heavy atom. The number of fused-ring (bicyclic) bond motifs is 1. The number of aromatic amines is 1. The zero-order valence-electron chi connectivity index (χ0n) is 13.5. The molecule has 0 aliphatic carbocycles. The molecule has 0 aliphatic rings. The Balaban J connectivity index is 1.89. The maximum Gasteiger partial charge on any atom is 0.355 e. The molecule has 2 aromatic heterocycles. The van der Waals surface area contributed by atoms with E-state index in [2.05, 4.69) is 9.97 Å². The zero-order chi connectivity index (χ0) is 18.1. The summed E-state index contributed by atoms with van der Waals surface area (Å²) in [5.74, 6) is -1.02. The number of benzene rings is 1. The fourth-order valence-electron chi connectivity index (χ4n) is 2.55. The standard InChI is InChI=1S/C17H15F2N3O3/c1-9(23)11-7-13(20-8-11)16(24)25-10(2)15-21-12-5-3-4-6-14(12)22(15)17(18)19/h3-8,10,17,20H,1-2H3/t10-/m1/s1. The number of carbonyl (C=O) groups is 2. The van der Waals surface area contributed by atoms with Crippen molar-refractivity contribution in [2.45, 2.75) is 26.5 Å². The largest absolute Gasteiger partial charge is 0.450 e.